The third kappa shape index (κ3) is 4.56. The second kappa shape index (κ2) is 7.26. The van der Waals surface area contributed by atoms with Crippen molar-refractivity contribution in [3.8, 4) is 5.75 Å². The van der Waals surface area contributed by atoms with E-state index in [-0.39, 0.29) is 5.84 Å². The van der Waals surface area contributed by atoms with E-state index in [4.69, 9.17) is 15.7 Å². The Balaban J connectivity index is 2.36. The molecule has 4 nitrogen and oxygen atoms in total. The number of oxime groups is 1. The minimum atomic E-state index is 0.269. The fourth-order valence-electron chi connectivity index (χ4n) is 1.64. The molecular weight excluding hydrogens is 296 g/mol. The molecule has 0 aliphatic carbocycles. The van der Waals surface area contributed by atoms with Crippen LogP contribution in [0.25, 0.3) is 0 Å². The highest BCUT2D eigenvalue weighted by Crippen LogP contribution is 2.26. The summed E-state index contributed by atoms with van der Waals surface area (Å²) in [7, 11) is 0. The van der Waals surface area contributed by atoms with Crippen LogP contribution in [-0.4, -0.2) is 17.6 Å². The largest absolute Gasteiger partial charge is 0.494 e. The summed E-state index contributed by atoms with van der Waals surface area (Å²) < 4.78 is 6.80. The number of hydrogen-bond acceptors (Lipinski definition) is 3. The van der Waals surface area contributed by atoms with Crippen LogP contribution in [0.5, 0.6) is 5.75 Å². The van der Waals surface area contributed by atoms with Crippen molar-refractivity contribution in [3.63, 3.8) is 0 Å². The van der Waals surface area contributed by atoms with Crippen LogP contribution in [0, 0.1) is 13.8 Å². The molecule has 1 aromatic rings. The van der Waals surface area contributed by atoms with Gasteiger partial charge < -0.3 is 15.7 Å². The summed E-state index contributed by atoms with van der Waals surface area (Å²) in [6.07, 6.45) is 2.33. The minimum Gasteiger partial charge on any atom is -0.494 e. The lowest BCUT2D eigenvalue weighted by atomic mass is 10.1. The molecular formula is C13H19BrN2O2. The highest BCUT2D eigenvalue weighted by molar-refractivity contribution is 9.10. The molecule has 0 fully saturated rings. The third-order valence-corrected chi connectivity index (χ3v) is 3.89. The van der Waals surface area contributed by atoms with Gasteiger partial charge in [-0.05, 0) is 49.9 Å². The first-order valence-corrected chi connectivity index (χ1v) is 6.70. The maximum atomic E-state index is 8.38. The average molecular weight is 315 g/mol. The highest BCUT2D eigenvalue weighted by atomic mass is 79.9. The lowest BCUT2D eigenvalue weighted by Gasteiger charge is -2.10. The van der Waals surface area contributed by atoms with E-state index >= 15 is 0 Å². The number of nitrogens with two attached hydrogens (primary N) is 1. The Labute approximate surface area is 116 Å². The fourth-order valence-corrected chi connectivity index (χ4v) is 1.87. The molecule has 0 spiro atoms. The number of aryl methyl sites for hydroxylation is 2. The minimum absolute atomic E-state index is 0.269. The topological polar surface area (TPSA) is 67.8 Å². The van der Waals surface area contributed by atoms with Crippen molar-refractivity contribution in [2.45, 2.75) is 33.1 Å². The van der Waals surface area contributed by atoms with Crippen molar-refractivity contribution < 1.29 is 9.94 Å². The molecule has 0 heterocycles. The monoisotopic (exact) mass is 314 g/mol. The first-order chi connectivity index (χ1) is 8.54. The molecule has 100 valence electrons. The molecule has 0 amide bonds. The Bertz CT molecular complexity index is 410. The van der Waals surface area contributed by atoms with Gasteiger partial charge in [-0.3, -0.25) is 0 Å². The quantitative estimate of drug-likeness (QED) is 0.278. The molecule has 0 bridgehead atoms. The van der Waals surface area contributed by atoms with Crippen molar-refractivity contribution in [2.24, 2.45) is 10.9 Å². The Hall–Kier alpha value is -1.23. The van der Waals surface area contributed by atoms with Gasteiger partial charge in [0, 0.05) is 10.9 Å². The van der Waals surface area contributed by atoms with Crippen molar-refractivity contribution >= 4 is 21.8 Å². The van der Waals surface area contributed by atoms with E-state index in [0.717, 1.165) is 23.1 Å². The van der Waals surface area contributed by atoms with Gasteiger partial charge in [-0.25, -0.2) is 0 Å². The van der Waals surface area contributed by atoms with E-state index in [1.807, 2.05) is 26.0 Å². The Morgan fingerprint density at radius 1 is 1.33 bits per heavy atom. The van der Waals surface area contributed by atoms with Crippen LogP contribution in [-0.2, 0) is 0 Å². The first-order valence-electron chi connectivity index (χ1n) is 5.90. The zero-order chi connectivity index (χ0) is 13.5. The molecule has 0 saturated heterocycles. The van der Waals surface area contributed by atoms with E-state index in [2.05, 4.69) is 21.1 Å². The van der Waals surface area contributed by atoms with E-state index < -0.39 is 0 Å². The Morgan fingerprint density at radius 3 is 2.50 bits per heavy atom. The molecule has 0 aliphatic rings. The van der Waals surface area contributed by atoms with Crippen LogP contribution < -0.4 is 10.5 Å². The van der Waals surface area contributed by atoms with Gasteiger partial charge in [0.05, 0.1) is 6.61 Å². The number of benzene rings is 1. The van der Waals surface area contributed by atoms with Gasteiger partial charge in [-0.15, -0.1) is 0 Å². The molecule has 0 aromatic heterocycles. The van der Waals surface area contributed by atoms with Crippen LogP contribution >= 0.6 is 15.9 Å². The zero-order valence-electron chi connectivity index (χ0n) is 10.7. The van der Waals surface area contributed by atoms with E-state index in [0.29, 0.717) is 13.0 Å². The van der Waals surface area contributed by atoms with Gasteiger partial charge in [-0.2, -0.15) is 0 Å². The molecule has 18 heavy (non-hydrogen) atoms. The van der Waals surface area contributed by atoms with Gasteiger partial charge in [-0.1, -0.05) is 21.1 Å². The average Bonchev–Trinajstić information content (AvgIpc) is 2.35. The molecule has 0 radical (unpaired) electrons. The number of rotatable bonds is 6. The zero-order valence-corrected chi connectivity index (χ0v) is 12.3. The van der Waals surface area contributed by atoms with Crippen molar-refractivity contribution in [2.75, 3.05) is 6.61 Å². The summed E-state index contributed by atoms with van der Waals surface area (Å²) >= 11 is 3.52. The molecule has 0 unspecified atom stereocenters. The van der Waals surface area contributed by atoms with E-state index in [1.54, 1.807) is 0 Å². The molecule has 0 aliphatic heterocycles. The summed E-state index contributed by atoms with van der Waals surface area (Å²) in [6, 6.07) is 4.03. The first kappa shape index (κ1) is 14.8. The standard InChI is InChI=1S/C13H19BrN2O2/c1-9-7-11(8-10(2)13(9)14)18-6-4-3-5-12(15)16-17/h7-8,17H,3-6H2,1-2H3,(H2,15,16). The molecule has 5 heteroatoms. The summed E-state index contributed by atoms with van der Waals surface area (Å²) in [6.45, 7) is 4.73. The number of ether oxygens (including phenoxy) is 1. The number of unbranched alkanes of at least 4 members (excludes halogenated alkanes) is 1. The third-order valence-electron chi connectivity index (χ3n) is 2.63. The molecule has 0 atom stereocenters. The van der Waals surface area contributed by atoms with Gasteiger partial charge >= 0.3 is 0 Å². The van der Waals surface area contributed by atoms with Crippen molar-refractivity contribution in [1.29, 1.82) is 0 Å². The molecule has 1 rings (SSSR count). The second-order valence-electron chi connectivity index (χ2n) is 4.27. The smallest absolute Gasteiger partial charge is 0.139 e. The van der Waals surface area contributed by atoms with Crippen molar-refractivity contribution in [1.82, 2.24) is 0 Å². The van der Waals surface area contributed by atoms with Crippen LogP contribution in [0.2, 0.25) is 0 Å². The maximum absolute atomic E-state index is 8.38. The number of hydrogen-bond donors (Lipinski definition) is 2. The number of amidine groups is 1. The Kier molecular flexibility index (Phi) is 5.98. The summed E-state index contributed by atoms with van der Waals surface area (Å²) in [4.78, 5) is 0. The van der Waals surface area contributed by atoms with Gasteiger partial charge in [0.2, 0.25) is 0 Å². The van der Waals surface area contributed by atoms with Gasteiger partial charge in [0.15, 0.2) is 0 Å². The van der Waals surface area contributed by atoms with E-state index in [1.165, 1.54) is 11.1 Å². The van der Waals surface area contributed by atoms with Gasteiger partial charge in [0.1, 0.15) is 11.6 Å². The lowest BCUT2D eigenvalue weighted by Crippen LogP contribution is -2.11. The van der Waals surface area contributed by atoms with Gasteiger partial charge in [0.25, 0.3) is 0 Å². The summed E-state index contributed by atoms with van der Waals surface area (Å²) in [5, 5.41) is 11.3. The fraction of sp³-hybridized carbons (Fsp3) is 0.462. The Morgan fingerprint density at radius 2 is 1.94 bits per heavy atom. The molecule has 1 aromatic carbocycles. The van der Waals surface area contributed by atoms with Crippen LogP contribution in [0.3, 0.4) is 0 Å². The normalized spacial score (nSPS) is 11.6. The van der Waals surface area contributed by atoms with E-state index in [9.17, 15) is 0 Å². The molecule has 3 N–H and O–H groups in total. The predicted octanol–water partition coefficient (Wildman–Crippen LogP) is 3.36. The lowest BCUT2D eigenvalue weighted by molar-refractivity contribution is 0.304. The van der Waals surface area contributed by atoms with Crippen LogP contribution in [0.15, 0.2) is 21.8 Å². The number of nitrogens with zero attached hydrogens (tertiary/aromatic N) is 1. The number of halogens is 1. The summed E-state index contributed by atoms with van der Waals surface area (Å²) in [5.41, 5.74) is 7.71. The SMILES string of the molecule is Cc1cc(OCCCC/C(N)=N/O)cc(C)c1Br. The van der Waals surface area contributed by atoms with Crippen LogP contribution in [0.4, 0.5) is 0 Å². The maximum Gasteiger partial charge on any atom is 0.139 e. The second-order valence-corrected chi connectivity index (χ2v) is 5.06. The summed E-state index contributed by atoms with van der Waals surface area (Å²) in [5.74, 6) is 1.15. The predicted molar refractivity (Wildman–Crippen MR) is 76.4 cm³/mol. The highest BCUT2D eigenvalue weighted by Gasteiger charge is 2.03. The van der Waals surface area contributed by atoms with Crippen molar-refractivity contribution in [3.05, 3.63) is 27.7 Å². The van der Waals surface area contributed by atoms with Crippen LogP contribution in [0.1, 0.15) is 30.4 Å². The molecule has 0 saturated carbocycles.